The van der Waals surface area contributed by atoms with Gasteiger partial charge in [0.15, 0.2) is 0 Å². The summed E-state index contributed by atoms with van der Waals surface area (Å²) in [5.41, 5.74) is 2.27. The van der Waals surface area contributed by atoms with Crippen molar-refractivity contribution >= 4 is 11.7 Å². The lowest BCUT2D eigenvalue weighted by atomic mass is 10.2. The fourth-order valence-electron chi connectivity index (χ4n) is 2.14. The Kier molecular flexibility index (Phi) is 7.75. The lowest BCUT2D eigenvalue weighted by Crippen LogP contribution is -2.36. The van der Waals surface area contributed by atoms with Gasteiger partial charge in [-0.15, -0.1) is 0 Å². The first-order chi connectivity index (χ1) is 10.1. The summed E-state index contributed by atoms with van der Waals surface area (Å²) in [7, 11) is 1.90. The molecule has 0 saturated heterocycles. The highest BCUT2D eigenvalue weighted by Gasteiger charge is 2.11. The number of hydrogen-bond acceptors (Lipinski definition) is 4. The molecule has 0 aromatic carbocycles. The third-order valence-corrected chi connectivity index (χ3v) is 3.18. The van der Waals surface area contributed by atoms with Gasteiger partial charge in [0.2, 0.25) is 5.91 Å². The van der Waals surface area contributed by atoms with E-state index in [9.17, 15) is 4.79 Å². The first-order valence-electron chi connectivity index (χ1n) is 7.72. The minimum atomic E-state index is 0.0363. The Bertz CT molecular complexity index is 448. The van der Waals surface area contributed by atoms with Crippen molar-refractivity contribution in [1.29, 1.82) is 0 Å². The van der Waals surface area contributed by atoms with Gasteiger partial charge in [-0.05, 0) is 43.5 Å². The quantitative estimate of drug-likeness (QED) is 0.682. The molecule has 0 unspecified atom stereocenters. The molecular formula is C16H28N4O. The van der Waals surface area contributed by atoms with E-state index in [0.717, 1.165) is 43.9 Å². The smallest absolute Gasteiger partial charge is 0.239 e. The van der Waals surface area contributed by atoms with Gasteiger partial charge in [0.05, 0.1) is 6.54 Å². The number of carbonyl (C=O) groups excluding carboxylic acids is 1. The molecule has 0 saturated carbocycles. The number of pyridine rings is 1. The van der Waals surface area contributed by atoms with Gasteiger partial charge in [-0.2, -0.15) is 0 Å². The molecule has 0 aliphatic carbocycles. The van der Waals surface area contributed by atoms with Crippen molar-refractivity contribution in [2.45, 2.75) is 40.2 Å². The second-order valence-corrected chi connectivity index (χ2v) is 5.37. The molecule has 5 nitrogen and oxygen atoms in total. The number of nitrogens with one attached hydrogen (secondary N) is 2. The van der Waals surface area contributed by atoms with E-state index in [-0.39, 0.29) is 5.91 Å². The molecule has 1 rings (SSSR count). The number of amides is 1. The summed E-state index contributed by atoms with van der Waals surface area (Å²) in [6, 6.07) is 2.13. The van der Waals surface area contributed by atoms with Gasteiger partial charge in [-0.1, -0.05) is 13.8 Å². The highest BCUT2D eigenvalue weighted by Crippen LogP contribution is 2.16. The van der Waals surface area contributed by atoms with Gasteiger partial charge >= 0.3 is 0 Å². The summed E-state index contributed by atoms with van der Waals surface area (Å²) >= 11 is 0. The normalized spacial score (nSPS) is 10.5. The van der Waals surface area contributed by atoms with Crippen molar-refractivity contribution in [2.24, 2.45) is 0 Å². The number of aryl methyl sites for hydroxylation is 1. The summed E-state index contributed by atoms with van der Waals surface area (Å²) in [5.74, 6) is 0.898. The van der Waals surface area contributed by atoms with Gasteiger partial charge in [0, 0.05) is 26.3 Å². The predicted molar refractivity (Wildman–Crippen MR) is 87.5 cm³/mol. The maximum Gasteiger partial charge on any atom is 0.239 e. The zero-order valence-corrected chi connectivity index (χ0v) is 13.7. The fourth-order valence-corrected chi connectivity index (χ4v) is 2.14. The van der Waals surface area contributed by atoms with E-state index >= 15 is 0 Å². The van der Waals surface area contributed by atoms with Crippen LogP contribution >= 0.6 is 0 Å². The summed E-state index contributed by atoms with van der Waals surface area (Å²) in [4.78, 5) is 18.1. The van der Waals surface area contributed by atoms with Crippen LogP contribution in [-0.4, -0.2) is 37.6 Å². The van der Waals surface area contributed by atoms with Crippen molar-refractivity contribution in [3.05, 3.63) is 23.4 Å². The maximum atomic E-state index is 11.7. The van der Waals surface area contributed by atoms with Crippen molar-refractivity contribution in [3.8, 4) is 0 Å². The first-order valence-corrected chi connectivity index (χ1v) is 7.72. The summed E-state index contributed by atoms with van der Waals surface area (Å²) in [6.45, 7) is 9.13. The maximum absolute atomic E-state index is 11.7. The molecule has 2 N–H and O–H groups in total. The molecule has 21 heavy (non-hydrogen) atoms. The molecule has 118 valence electrons. The van der Waals surface area contributed by atoms with Gasteiger partial charge in [-0.3, -0.25) is 4.79 Å². The van der Waals surface area contributed by atoms with E-state index in [4.69, 9.17) is 0 Å². The monoisotopic (exact) mass is 292 g/mol. The molecule has 0 fully saturated rings. The van der Waals surface area contributed by atoms with Crippen LogP contribution in [0.25, 0.3) is 0 Å². The number of nitrogens with zero attached hydrogens (tertiary/aromatic N) is 2. The van der Waals surface area contributed by atoms with E-state index in [2.05, 4.69) is 28.6 Å². The highest BCUT2D eigenvalue weighted by atomic mass is 16.2. The van der Waals surface area contributed by atoms with Crippen LogP contribution in [0.1, 0.15) is 37.8 Å². The van der Waals surface area contributed by atoms with Crippen molar-refractivity contribution in [3.63, 3.8) is 0 Å². The standard InChI is InChI=1S/C16H28N4O/c1-5-7-17-10-14-9-13(3)16(19-11-14)20(4)12-15(21)18-8-6-2/h9,11,17H,5-8,10,12H2,1-4H3,(H,18,21). The van der Waals surface area contributed by atoms with E-state index in [1.165, 1.54) is 5.56 Å². The van der Waals surface area contributed by atoms with Crippen LogP contribution in [-0.2, 0) is 11.3 Å². The third-order valence-electron chi connectivity index (χ3n) is 3.18. The zero-order chi connectivity index (χ0) is 15.7. The fraction of sp³-hybridized carbons (Fsp3) is 0.625. The van der Waals surface area contributed by atoms with E-state index in [1.807, 2.05) is 32.0 Å². The van der Waals surface area contributed by atoms with Crippen molar-refractivity contribution in [1.82, 2.24) is 15.6 Å². The lowest BCUT2D eigenvalue weighted by molar-refractivity contribution is -0.119. The number of anilines is 1. The molecule has 0 radical (unpaired) electrons. The van der Waals surface area contributed by atoms with Crippen LogP contribution in [0.4, 0.5) is 5.82 Å². The molecule has 0 atom stereocenters. The van der Waals surface area contributed by atoms with Crippen LogP contribution in [0, 0.1) is 6.92 Å². The molecule has 0 aliphatic heterocycles. The summed E-state index contributed by atoms with van der Waals surface area (Å²) in [5, 5.41) is 6.24. The van der Waals surface area contributed by atoms with Crippen LogP contribution in [0.15, 0.2) is 12.3 Å². The zero-order valence-electron chi connectivity index (χ0n) is 13.7. The molecule has 0 spiro atoms. The van der Waals surface area contributed by atoms with Crippen LogP contribution in [0.3, 0.4) is 0 Å². The van der Waals surface area contributed by atoms with Crippen LogP contribution in [0.5, 0.6) is 0 Å². The number of likely N-dealkylation sites (N-methyl/N-ethyl adjacent to an activating group) is 1. The van der Waals surface area contributed by atoms with Gasteiger partial charge < -0.3 is 15.5 Å². The minimum Gasteiger partial charge on any atom is -0.355 e. The van der Waals surface area contributed by atoms with Crippen LogP contribution < -0.4 is 15.5 Å². The SMILES string of the molecule is CCCNCc1cnc(N(C)CC(=O)NCCC)c(C)c1. The number of rotatable bonds is 9. The molecule has 1 aromatic heterocycles. The Morgan fingerprint density at radius 3 is 2.62 bits per heavy atom. The second kappa shape index (κ2) is 9.34. The molecule has 1 amide bonds. The second-order valence-electron chi connectivity index (χ2n) is 5.37. The van der Waals surface area contributed by atoms with Gasteiger partial charge in [0.1, 0.15) is 5.82 Å². The Morgan fingerprint density at radius 1 is 1.29 bits per heavy atom. The highest BCUT2D eigenvalue weighted by molar-refractivity contribution is 5.81. The largest absolute Gasteiger partial charge is 0.355 e. The Hall–Kier alpha value is -1.62. The number of hydrogen-bond donors (Lipinski definition) is 2. The number of carbonyl (C=O) groups is 1. The van der Waals surface area contributed by atoms with E-state index in [1.54, 1.807) is 0 Å². The van der Waals surface area contributed by atoms with Crippen LogP contribution in [0.2, 0.25) is 0 Å². The van der Waals surface area contributed by atoms with Crippen molar-refractivity contribution in [2.75, 3.05) is 31.6 Å². The molecule has 1 heterocycles. The summed E-state index contributed by atoms with van der Waals surface area (Å²) in [6.07, 6.45) is 3.96. The van der Waals surface area contributed by atoms with E-state index in [0.29, 0.717) is 6.54 Å². The molecular weight excluding hydrogens is 264 g/mol. The summed E-state index contributed by atoms with van der Waals surface area (Å²) < 4.78 is 0. The Morgan fingerprint density at radius 2 is 2.00 bits per heavy atom. The molecule has 0 aliphatic rings. The van der Waals surface area contributed by atoms with E-state index < -0.39 is 0 Å². The Balaban J connectivity index is 2.59. The van der Waals surface area contributed by atoms with Gasteiger partial charge in [0.25, 0.3) is 0 Å². The predicted octanol–water partition coefficient (Wildman–Crippen LogP) is 1.85. The average molecular weight is 292 g/mol. The van der Waals surface area contributed by atoms with Gasteiger partial charge in [-0.25, -0.2) is 4.98 Å². The lowest BCUT2D eigenvalue weighted by Gasteiger charge is -2.20. The third kappa shape index (κ3) is 6.12. The topological polar surface area (TPSA) is 57.3 Å². The Labute approximate surface area is 128 Å². The first kappa shape index (κ1) is 17.4. The minimum absolute atomic E-state index is 0.0363. The molecule has 1 aromatic rings. The molecule has 5 heteroatoms. The molecule has 0 bridgehead atoms. The van der Waals surface area contributed by atoms with Crippen molar-refractivity contribution < 1.29 is 4.79 Å². The average Bonchev–Trinajstić information content (AvgIpc) is 2.45. The number of aromatic nitrogens is 1.